The zero-order chi connectivity index (χ0) is 15.2. The molecule has 0 radical (unpaired) electrons. The van der Waals surface area contributed by atoms with E-state index in [1.807, 2.05) is 0 Å². The fourth-order valence-corrected chi connectivity index (χ4v) is 2.53. The van der Waals surface area contributed by atoms with Crippen LogP contribution in [0.25, 0.3) is 0 Å². The van der Waals surface area contributed by atoms with Gasteiger partial charge in [-0.05, 0) is 18.2 Å². The van der Waals surface area contributed by atoms with E-state index in [1.165, 1.54) is 20.3 Å². The van der Waals surface area contributed by atoms with Crippen LogP contribution in [0.5, 0.6) is 5.75 Å². The molecule has 0 heterocycles. The molecular weight excluding hydrogens is 284 g/mol. The number of nitrogens with two attached hydrogens (primary N) is 1. The summed E-state index contributed by atoms with van der Waals surface area (Å²) in [7, 11) is -0.665. The predicted molar refractivity (Wildman–Crippen MR) is 76.6 cm³/mol. The number of sulfone groups is 1. The van der Waals surface area contributed by atoms with Gasteiger partial charge in [-0.15, -0.1) is 0 Å². The molecule has 0 saturated carbocycles. The van der Waals surface area contributed by atoms with E-state index in [2.05, 4.69) is 10.1 Å². The molecule has 0 saturated heterocycles. The van der Waals surface area contributed by atoms with Gasteiger partial charge >= 0.3 is 0 Å². The number of carbonyl (C=O) groups excluding carboxylic acids is 1. The lowest BCUT2D eigenvalue weighted by Crippen LogP contribution is -2.26. The molecule has 0 aliphatic carbocycles. The average molecular weight is 302 g/mol. The molecule has 1 aromatic carbocycles. The van der Waals surface area contributed by atoms with Crippen LogP contribution in [0.1, 0.15) is 0 Å². The summed E-state index contributed by atoms with van der Waals surface area (Å²) >= 11 is 0. The zero-order valence-corrected chi connectivity index (χ0v) is 12.2. The van der Waals surface area contributed by atoms with Gasteiger partial charge in [-0.2, -0.15) is 0 Å². The molecular formula is C12H18N2O5S. The van der Waals surface area contributed by atoms with Crippen molar-refractivity contribution in [3.8, 4) is 5.75 Å². The number of methoxy groups -OCH3 is 2. The highest BCUT2D eigenvalue weighted by molar-refractivity contribution is 7.92. The van der Waals surface area contributed by atoms with Gasteiger partial charge in [0, 0.05) is 12.8 Å². The minimum absolute atomic E-state index is 0.0528. The van der Waals surface area contributed by atoms with Gasteiger partial charge in [0.25, 0.3) is 0 Å². The third-order valence-electron chi connectivity index (χ3n) is 2.45. The van der Waals surface area contributed by atoms with Crippen LogP contribution < -0.4 is 15.8 Å². The second-order valence-electron chi connectivity index (χ2n) is 4.09. The van der Waals surface area contributed by atoms with Crippen molar-refractivity contribution in [3.05, 3.63) is 18.2 Å². The number of hydrogen-bond acceptors (Lipinski definition) is 6. The molecule has 1 rings (SSSR count). The first-order valence-electron chi connectivity index (χ1n) is 5.80. The number of hydrogen-bond donors (Lipinski definition) is 2. The number of nitrogens with one attached hydrogen (secondary N) is 1. The maximum absolute atomic E-state index is 11.7. The van der Waals surface area contributed by atoms with Crippen molar-refractivity contribution in [2.24, 2.45) is 0 Å². The molecule has 1 aromatic rings. The third-order valence-corrected chi connectivity index (χ3v) is 3.94. The van der Waals surface area contributed by atoms with Gasteiger partial charge < -0.3 is 20.5 Å². The number of carbonyl (C=O) groups is 1. The highest BCUT2D eigenvalue weighted by atomic mass is 32.2. The maximum Gasteiger partial charge on any atom is 0.239 e. The topological polar surface area (TPSA) is 108 Å². The predicted octanol–water partition coefficient (Wildman–Crippen LogP) is 0.277. The Bertz CT molecular complexity index is 571. The Morgan fingerprint density at radius 2 is 2.05 bits per heavy atom. The Morgan fingerprint density at radius 3 is 2.65 bits per heavy atom. The molecule has 0 atom stereocenters. The van der Waals surface area contributed by atoms with Crippen molar-refractivity contribution < 1.29 is 22.7 Å². The average Bonchev–Trinajstić information content (AvgIpc) is 2.36. The van der Waals surface area contributed by atoms with E-state index in [4.69, 9.17) is 10.5 Å². The van der Waals surface area contributed by atoms with Crippen molar-refractivity contribution in [1.82, 2.24) is 0 Å². The quantitative estimate of drug-likeness (QED) is 0.700. The minimum Gasteiger partial charge on any atom is -0.495 e. The molecule has 0 spiro atoms. The highest BCUT2D eigenvalue weighted by Gasteiger charge is 2.17. The summed E-state index contributed by atoms with van der Waals surface area (Å²) in [6.07, 6.45) is 0. The summed E-state index contributed by atoms with van der Waals surface area (Å²) in [6, 6.07) is 4.70. The molecule has 0 unspecified atom stereocenters. The first kappa shape index (κ1) is 16.3. The number of amides is 1. The van der Waals surface area contributed by atoms with Crippen molar-refractivity contribution in [3.63, 3.8) is 0 Å². The van der Waals surface area contributed by atoms with Gasteiger partial charge in [0.05, 0.1) is 25.2 Å². The van der Waals surface area contributed by atoms with Crippen LogP contribution in [0.15, 0.2) is 18.2 Å². The molecule has 0 aromatic heterocycles. The lowest BCUT2D eigenvalue weighted by molar-refractivity contribution is -0.113. The van der Waals surface area contributed by atoms with Gasteiger partial charge in [-0.25, -0.2) is 8.42 Å². The summed E-state index contributed by atoms with van der Waals surface area (Å²) in [5.74, 6) is -1.06. The summed E-state index contributed by atoms with van der Waals surface area (Å²) in [5.41, 5.74) is 6.38. The van der Waals surface area contributed by atoms with Crippen LogP contribution in [-0.2, 0) is 19.4 Å². The van der Waals surface area contributed by atoms with E-state index in [1.54, 1.807) is 12.1 Å². The molecule has 0 bridgehead atoms. The Kier molecular flexibility index (Phi) is 5.78. The van der Waals surface area contributed by atoms with Gasteiger partial charge in [0.1, 0.15) is 11.5 Å². The Balaban J connectivity index is 2.74. The summed E-state index contributed by atoms with van der Waals surface area (Å²) < 4.78 is 33.0. The van der Waals surface area contributed by atoms with Crippen LogP contribution in [-0.4, -0.2) is 46.7 Å². The van der Waals surface area contributed by atoms with Crippen LogP contribution in [0.4, 0.5) is 11.4 Å². The smallest absolute Gasteiger partial charge is 0.239 e. The van der Waals surface area contributed by atoms with Crippen molar-refractivity contribution in [2.45, 2.75) is 0 Å². The van der Waals surface area contributed by atoms with E-state index in [9.17, 15) is 13.2 Å². The molecule has 0 fully saturated rings. The summed E-state index contributed by atoms with van der Waals surface area (Å²) in [4.78, 5) is 11.7. The number of ether oxygens (including phenoxy) is 2. The molecule has 3 N–H and O–H groups in total. The second-order valence-corrected chi connectivity index (χ2v) is 6.28. The number of rotatable bonds is 7. The molecule has 0 aliphatic rings. The van der Waals surface area contributed by atoms with Gasteiger partial charge in [0.15, 0.2) is 9.84 Å². The molecule has 7 nitrogen and oxygen atoms in total. The zero-order valence-electron chi connectivity index (χ0n) is 11.4. The third kappa shape index (κ3) is 5.06. The van der Waals surface area contributed by atoms with Crippen LogP contribution in [0.3, 0.4) is 0 Å². The van der Waals surface area contributed by atoms with Crippen molar-refractivity contribution in [2.75, 3.05) is 43.4 Å². The molecule has 8 heteroatoms. The van der Waals surface area contributed by atoms with Gasteiger partial charge in [-0.1, -0.05) is 0 Å². The first-order valence-corrected chi connectivity index (χ1v) is 7.63. The Morgan fingerprint density at radius 1 is 1.35 bits per heavy atom. The SMILES string of the molecule is COCCS(=O)(=O)CC(=O)Nc1cc(N)ccc1OC. The number of anilines is 2. The van der Waals surface area contributed by atoms with Gasteiger partial charge in [0.2, 0.25) is 5.91 Å². The Hall–Kier alpha value is -1.80. The van der Waals surface area contributed by atoms with Crippen molar-refractivity contribution >= 4 is 27.1 Å². The lowest BCUT2D eigenvalue weighted by Gasteiger charge is -2.11. The summed E-state index contributed by atoms with van der Waals surface area (Å²) in [5, 5.41) is 2.47. The van der Waals surface area contributed by atoms with E-state index >= 15 is 0 Å². The molecule has 0 aliphatic heterocycles. The Labute approximate surface area is 118 Å². The maximum atomic E-state index is 11.7. The number of nitrogen functional groups attached to an aromatic ring is 1. The van der Waals surface area contributed by atoms with E-state index < -0.39 is 21.5 Å². The normalized spacial score (nSPS) is 11.1. The van der Waals surface area contributed by atoms with E-state index in [0.717, 1.165) is 0 Å². The van der Waals surface area contributed by atoms with Crippen LogP contribution in [0, 0.1) is 0 Å². The fourth-order valence-electron chi connectivity index (χ4n) is 1.49. The van der Waals surface area contributed by atoms with E-state index in [0.29, 0.717) is 17.1 Å². The second kappa shape index (κ2) is 7.11. The fraction of sp³-hybridized carbons (Fsp3) is 0.417. The standard InChI is InChI=1S/C12H18N2O5S/c1-18-5-6-20(16,17)8-12(15)14-10-7-9(13)3-4-11(10)19-2/h3-4,7H,5-6,8,13H2,1-2H3,(H,14,15). The van der Waals surface area contributed by atoms with Crippen LogP contribution in [0.2, 0.25) is 0 Å². The van der Waals surface area contributed by atoms with Crippen LogP contribution >= 0.6 is 0 Å². The summed E-state index contributed by atoms with van der Waals surface area (Å²) in [6.45, 7) is 0.0528. The van der Waals surface area contributed by atoms with Gasteiger partial charge in [-0.3, -0.25) is 4.79 Å². The molecule has 112 valence electrons. The molecule has 1 amide bonds. The number of benzene rings is 1. The van der Waals surface area contributed by atoms with Crippen molar-refractivity contribution in [1.29, 1.82) is 0 Å². The van der Waals surface area contributed by atoms with E-state index in [-0.39, 0.29) is 12.4 Å². The first-order chi connectivity index (χ1) is 9.38. The lowest BCUT2D eigenvalue weighted by atomic mass is 10.2. The highest BCUT2D eigenvalue weighted by Crippen LogP contribution is 2.26. The largest absolute Gasteiger partial charge is 0.495 e. The molecule has 20 heavy (non-hydrogen) atoms. The minimum atomic E-state index is -3.50. The monoisotopic (exact) mass is 302 g/mol.